The van der Waals surface area contributed by atoms with Crippen molar-refractivity contribution in [3.8, 4) is 0 Å². The average molecular weight is 389 g/mol. The Morgan fingerprint density at radius 3 is 2.73 bits per heavy atom. The van der Waals surface area contributed by atoms with Crippen molar-refractivity contribution < 1.29 is 9.18 Å². The second-order valence-corrected chi connectivity index (χ2v) is 7.32. The molecule has 1 amide bonds. The highest BCUT2D eigenvalue weighted by Crippen LogP contribution is 2.18. The van der Waals surface area contributed by atoms with Gasteiger partial charge in [-0.2, -0.15) is 0 Å². The number of hydrogen-bond donors (Lipinski definition) is 1. The lowest BCUT2D eigenvalue weighted by molar-refractivity contribution is -0.120. The molecule has 0 fully saturated rings. The number of rotatable bonds is 7. The molecule has 0 spiro atoms. The van der Waals surface area contributed by atoms with E-state index >= 15 is 0 Å². The van der Waals surface area contributed by atoms with Crippen molar-refractivity contribution >= 4 is 28.8 Å². The van der Waals surface area contributed by atoms with Gasteiger partial charge in [-0.25, -0.2) is 9.37 Å². The van der Waals surface area contributed by atoms with Gasteiger partial charge in [0.1, 0.15) is 5.82 Å². The lowest BCUT2D eigenvalue weighted by Crippen LogP contribution is -2.27. The Labute approximate surface area is 160 Å². The van der Waals surface area contributed by atoms with Crippen LogP contribution in [0.4, 0.5) is 4.39 Å². The fourth-order valence-corrected chi connectivity index (χ4v) is 3.60. The molecule has 0 radical (unpaired) electrons. The lowest BCUT2D eigenvalue weighted by atomic mass is 10.1. The van der Waals surface area contributed by atoms with Gasteiger partial charge in [-0.3, -0.25) is 4.79 Å². The van der Waals surface area contributed by atoms with Crippen molar-refractivity contribution in [1.29, 1.82) is 0 Å². The Hall–Kier alpha value is -2.24. The first-order chi connectivity index (χ1) is 12.6. The number of nitrogens with one attached hydrogen (secondary N) is 1. The average Bonchev–Trinajstić information content (AvgIpc) is 3.03. The van der Waals surface area contributed by atoms with Gasteiger partial charge in [-0.15, -0.1) is 11.3 Å². The molecule has 0 saturated carbocycles. The standard InChI is InChI=1S/C20H18ClFN2OS/c21-16-3-1-2-15(10-16)11-20-24-18(13-26-20)12-19(25)23-9-8-14-4-6-17(22)7-5-14/h1-7,10,13H,8-9,11-12H2,(H,23,25). The van der Waals surface area contributed by atoms with E-state index in [0.29, 0.717) is 24.4 Å². The Morgan fingerprint density at radius 1 is 1.15 bits per heavy atom. The predicted octanol–water partition coefficient (Wildman–Crippen LogP) is 4.43. The molecule has 0 aliphatic heterocycles. The summed E-state index contributed by atoms with van der Waals surface area (Å²) < 4.78 is 12.9. The molecule has 1 aromatic heterocycles. The molecule has 0 aliphatic carbocycles. The minimum atomic E-state index is -0.255. The topological polar surface area (TPSA) is 42.0 Å². The SMILES string of the molecule is O=C(Cc1csc(Cc2cccc(Cl)c2)n1)NCCc1ccc(F)cc1. The maximum Gasteiger partial charge on any atom is 0.226 e. The van der Waals surface area contributed by atoms with Crippen LogP contribution in [0.15, 0.2) is 53.9 Å². The van der Waals surface area contributed by atoms with Crippen LogP contribution in [0.25, 0.3) is 0 Å². The maximum absolute atomic E-state index is 12.9. The molecule has 2 aromatic carbocycles. The minimum absolute atomic E-state index is 0.0632. The van der Waals surface area contributed by atoms with E-state index in [1.54, 1.807) is 23.5 Å². The van der Waals surface area contributed by atoms with E-state index in [-0.39, 0.29) is 18.1 Å². The third-order valence-electron chi connectivity index (χ3n) is 3.83. The summed E-state index contributed by atoms with van der Waals surface area (Å²) in [5.41, 5.74) is 2.86. The zero-order valence-corrected chi connectivity index (χ0v) is 15.6. The summed E-state index contributed by atoms with van der Waals surface area (Å²) in [6.07, 6.45) is 1.63. The third-order valence-corrected chi connectivity index (χ3v) is 4.97. The van der Waals surface area contributed by atoms with E-state index in [9.17, 15) is 9.18 Å². The van der Waals surface area contributed by atoms with Crippen LogP contribution < -0.4 is 5.32 Å². The van der Waals surface area contributed by atoms with Crippen molar-refractivity contribution in [1.82, 2.24) is 10.3 Å². The minimum Gasteiger partial charge on any atom is -0.355 e. The summed E-state index contributed by atoms with van der Waals surface area (Å²) in [6.45, 7) is 0.518. The van der Waals surface area contributed by atoms with Crippen LogP contribution >= 0.6 is 22.9 Å². The Kier molecular flexibility index (Phi) is 6.36. The summed E-state index contributed by atoms with van der Waals surface area (Å²) in [5.74, 6) is -0.318. The number of carbonyl (C=O) groups is 1. The second kappa shape index (κ2) is 8.92. The Morgan fingerprint density at radius 2 is 1.96 bits per heavy atom. The molecule has 3 aromatic rings. The molecule has 6 heteroatoms. The number of halogens is 2. The lowest BCUT2D eigenvalue weighted by Gasteiger charge is -2.04. The van der Waals surface area contributed by atoms with Gasteiger partial charge >= 0.3 is 0 Å². The summed E-state index contributed by atoms with van der Waals surface area (Å²) in [6, 6.07) is 14.0. The van der Waals surface area contributed by atoms with Crippen molar-refractivity contribution in [3.63, 3.8) is 0 Å². The van der Waals surface area contributed by atoms with Gasteiger partial charge in [0.15, 0.2) is 0 Å². The van der Waals surface area contributed by atoms with Gasteiger partial charge < -0.3 is 5.32 Å². The molecule has 3 rings (SSSR count). The first-order valence-electron chi connectivity index (χ1n) is 8.27. The largest absolute Gasteiger partial charge is 0.355 e. The van der Waals surface area contributed by atoms with E-state index in [4.69, 9.17) is 11.6 Å². The summed E-state index contributed by atoms with van der Waals surface area (Å²) in [7, 11) is 0. The summed E-state index contributed by atoms with van der Waals surface area (Å²) in [4.78, 5) is 16.6. The quantitative estimate of drug-likeness (QED) is 0.650. The van der Waals surface area contributed by atoms with E-state index in [2.05, 4.69) is 10.3 Å². The van der Waals surface area contributed by atoms with E-state index in [1.807, 2.05) is 29.6 Å². The number of amides is 1. The van der Waals surface area contributed by atoms with Gasteiger partial charge in [0.05, 0.1) is 17.1 Å². The molecule has 26 heavy (non-hydrogen) atoms. The first kappa shape index (κ1) is 18.5. The number of thiazole rings is 1. The summed E-state index contributed by atoms with van der Waals surface area (Å²) in [5, 5.41) is 6.46. The highest BCUT2D eigenvalue weighted by atomic mass is 35.5. The number of carbonyl (C=O) groups excluding carboxylic acids is 1. The molecule has 1 heterocycles. The van der Waals surface area contributed by atoms with Crippen molar-refractivity contribution in [2.45, 2.75) is 19.3 Å². The number of aromatic nitrogens is 1. The fourth-order valence-electron chi connectivity index (χ4n) is 2.56. The van der Waals surface area contributed by atoms with Crippen molar-refractivity contribution in [2.75, 3.05) is 6.54 Å². The van der Waals surface area contributed by atoms with Crippen LogP contribution in [-0.2, 0) is 24.1 Å². The number of benzene rings is 2. The molecule has 0 atom stereocenters. The van der Waals surface area contributed by atoms with Crippen LogP contribution in [0.5, 0.6) is 0 Å². The van der Waals surface area contributed by atoms with Gasteiger partial charge in [0, 0.05) is 23.4 Å². The highest BCUT2D eigenvalue weighted by molar-refractivity contribution is 7.09. The molecule has 0 saturated heterocycles. The molecule has 1 N–H and O–H groups in total. The van der Waals surface area contributed by atoms with Gasteiger partial charge in [0.2, 0.25) is 5.91 Å². The number of nitrogens with zero attached hydrogens (tertiary/aromatic N) is 1. The normalized spacial score (nSPS) is 10.7. The van der Waals surface area contributed by atoms with E-state index in [1.165, 1.54) is 12.1 Å². The van der Waals surface area contributed by atoms with Crippen molar-refractivity contribution in [3.05, 3.63) is 86.6 Å². The predicted molar refractivity (Wildman–Crippen MR) is 103 cm³/mol. The molecule has 0 unspecified atom stereocenters. The highest BCUT2D eigenvalue weighted by Gasteiger charge is 2.08. The third kappa shape index (κ3) is 5.64. The van der Waals surface area contributed by atoms with Crippen LogP contribution in [0.3, 0.4) is 0 Å². The van der Waals surface area contributed by atoms with Crippen LogP contribution in [0.1, 0.15) is 21.8 Å². The number of hydrogen-bond acceptors (Lipinski definition) is 3. The molecular weight excluding hydrogens is 371 g/mol. The Bertz CT molecular complexity index is 880. The maximum atomic E-state index is 12.9. The zero-order valence-electron chi connectivity index (χ0n) is 14.0. The molecule has 0 bridgehead atoms. The molecule has 134 valence electrons. The molecule has 0 aliphatic rings. The first-order valence-corrected chi connectivity index (χ1v) is 9.53. The van der Waals surface area contributed by atoms with Crippen LogP contribution in [0.2, 0.25) is 5.02 Å². The van der Waals surface area contributed by atoms with Crippen LogP contribution in [0, 0.1) is 5.82 Å². The second-order valence-electron chi connectivity index (χ2n) is 5.94. The summed E-state index contributed by atoms with van der Waals surface area (Å²) >= 11 is 7.54. The zero-order chi connectivity index (χ0) is 18.4. The monoisotopic (exact) mass is 388 g/mol. The van der Waals surface area contributed by atoms with E-state index in [0.717, 1.165) is 21.8 Å². The van der Waals surface area contributed by atoms with Gasteiger partial charge in [0.25, 0.3) is 0 Å². The molecule has 3 nitrogen and oxygen atoms in total. The Balaban J connectivity index is 1.46. The van der Waals surface area contributed by atoms with Gasteiger partial charge in [-0.1, -0.05) is 35.9 Å². The molecular formula is C20H18ClFN2OS. The van der Waals surface area contributed by atoms with E-state index < -0.39 is 0 Å². The smallest absolute Gasteiger partial charge is 0.226 e. The van der Waals surface area contributed by atoms with Crippen molar-refractivity contribution in [2.24, 2.45) is 0 Å². The fraction of sp³-hybridized carbons (Fsp3) is 0.200. The van der Waals surface area contributed by atoms with Crippen LogP contribution in [-0.4, -0.2) is 17.4 Å². The van der Waals surface area contributed by atoms with Gasteiger partial charge in [-0.05, 0) is 41.8 Å².